The molecule has 0 spiro atoms. The highest BCUT2D eigenvalue weighted by atomic mass is 15.0. The number of hydrogen-bond donors (Lipinski definition) is 0. The van der Waals surface area contributed by atoms with Crippen LogP contribution in [0.2, 0.25) is 0 Å². The van der Waals surface area contributed by atoms with Gasteiger partial charge in [-0.05, 0) is 51.2 Å². The summed E-state index contributed by atoms with van der Waals surface area (Å²) in [5, 5.41) is 17.8. The van der Waals surface area contributed by atoms with Crippen molar-refractivity contribution in [3.8, 4) is 11.4 Å². The molecule has 0 bridgehead atoms. The van der Waals surface area contributed by atoms with Gasteiger partial charge in [-0.15, -0.1) is 0 Å². The van der Waals surface area contributed by atoms with E-state index in [9.17, 15) is 0 Å². The lowest BCUT2D eigenvalue weighted by atomic mass is 9.90. The fraction of sp³-hybridized carbons (Fsp3) is 0. The van der Waals surface area contributed by atoms with Crippen LogP contribution in [0.4, 0.5) is 0 Å². The third-order valence-electron chi connectivity index (χ3n) is 11.4. The highest BCUT2D eigenvalue weighted by Crippen LogP contribution is 2.50. The molecule has 12 aromatic rings. The molecule has 0 aliphatic carbocycles. The van der Waals surface area contributed by atoms with Crippen molar-refractivity contribution in [2.24, 2.45) is 0 Å². The zero-order valence-electron chi connectivity index (χ0n) is 28.2. The van der Waals surface area contributed by atoms with E-state index in [1.54, 1.807) is 0 Å². The van der Waals surface area contributed by atoms with Crippen molar-refractivity contribution in [2.75, 3.05) is 0 Å². The highest BCUT2D eigenvalue weighted by Gasteiger charge is 2.26. The van der Waals surface area contributed by atoms with Gasteiger partial charge in [-0.3, -0.25) is 0 Å². The van der Waals surface area contributed by atoms with E-state index in [2.05, 4.69) is 191 Å². The molecule has 10 aromatic carbocycles. The van der Waals surface area contributed by atoms with E-state index in [-0.39, 0.29) is 0 Å². The summed E-state index contributed by atoms with van der Waals surface area (Å²) in [5.41, 5.74) is 7.33. The van der Waals surface area contributed by atoms with E-state index in [1.807, 2.05) is 0 Å². The van der Waals surface area contributed by atoms with Crippen LogP contribution in [-0.2, 0) is 0 Å². The van der Waals surface area contributed by atoms with Crippen molar-refractivity contribution < 1.29 is 0 Å². The van der Waals surface area contributed by atoms with Crippen molar-refractivity contribution in [2.45, 2.75) is 0 Å². The number of fused-ring (bicyclic) bond motifs is 17. The number of para-hydroxylation sites is 2. The van der Waals surface area contributed by atoms with Gasteiger partial charge in [0.1, 0.15) is 0 Å². The smallest absolute Gasteiger partial charge is 0.0632 e. The molecule has 2 heterocycles. The lowest BCUT2D eigenvalue weighted by Gasteiger charge is -2.18. The fourth-order valence-electron chi connectivity index (χ4n) is 9.41. The minimum Gasteiger partial charge on any atom is -0.308 e. The second kappa shape index (κ2) is 10.3. The van der Waals surface area contributed by atoms with Crippen molar-refractivity contribution >= 4 is 97.5 Å². The Hall–Kier alpha value is -6.90. The summed E-state index contributed by atoms with van der Waals surface area (Å²) in [6.07, 6.45) is 0. The van der Waals surface area contributed by atoms with Gasteiger partial charge in [0.05, 0.1) is 33.4 Å². The first kappa shape index (κ1) is 27.9. The molecule has 0 saturated carbocycles. The molecule has 0 aliphatic rings. The Labute approximate surface area is 299 Å². The van der Waals surface area contributed by atoms with Gasteiger partial charge in [-0.1, -0.05) is 158 Å². The quantitative estimate of drug-likeness (QED) is 0.164. The summed E-state index contributed by atoms with van der Waals surface area (Å²) < 4.78 is 5.10. The van der Waals surface area contributed by atoms with Crippen molar-refractivity contribution in [1.29, 1.82) is 0 Å². The number of nitrogens with zero attached hydrogens (tertiary/aromatic N) is 2. The van der Waals surface area contributed by atoms with Gasteiger partial charge in [-0.2, -0.15) is 0 Å². The molecule has 0 atom stereocenters. The van der Waals surface area contributed by atoms with Gasteiger partial charge in [0, 0.05) is 48.5 Å². The molecule has 0 saturated heterocycles. The summed E-state index contributed by atoms with van der Waals surface area (Å²) in [4.78, 5) is 0. The normalized spacial score (nSPS) is 12.2. The number of benzene rings is 10. The second-order valence-corrected chi connectivity index (χ2v) is 14.0. The summed E-state index contributed by atoms with van der Waals surface area (Å²) in [5.74, 6) is 0. The van der Waals surface area contributed by atoms with E-state index in [0.717, 1.165) is 0 Å². The Balaban J connectivity index is 1.43. The van der Waals surface area contributed by atoms with Crippen LogP contribution in [-0.4, -0.2) is 9.13 Å². The summed E-state index contributed by atoms with van der Waals surface area (Å²) >= 11 is 0. The molecule has 0 unspecified atom stereocenters. The maximum absolute atomic E-state index is 2.56. The molecule has 2 heteroatoms. The van der Waals surface area contributed by atoms with Crippen LogP contribution in [0.15, 0.2) is 182 Å². The van der Waals surface area contributed by atoms with Crippen LogP contribution >= 0.6 is 0 Å². The number of aromatic nitrogens is 2. The number of hydrogen-bond acceptors (Lipinski definition) is 0. The summed E-state index contributed by atoms with van der Waals surface area (Å²) in [7, 11) is 0. The molecule has 0 N–H and O–H groups in total. The highest BCUT2D eigenvalue weighted by molar-refractivity contribution is 6.44. The Morgan fingerprint density at radius 3 is 1.17 bits per heavy atom. The van der Waals surface area contributed by atoms with Crippen LogP contribution in [0.25, 0.3) is 109 Å². The van der Waals surface area contributed by atoms with Crippen molar-refractivity contribution in [3.05, 3.63) is 182 Å². The topological polar surface area (TPSA) is 9.86 Å². The van der Waals surface area contributed by atoms with Crippen molar-refractivity contribution in [3.63, 3.8) is 0 Å². The van der Waals surface area contributed by atoms with Gasteiger partial charge in [0.2, 0.25) is 0 Å². The molecule has 0 fully saturated rings. The molecule has 2 aromatic heterocycles. The van der Waals surface area contributed by atoms with E-state index in [4.69, 9.17) is 0 Å². The Bertz CT molecular complexity index is 3460. The van der Waals surface area contributed by atoms with Gasteiger partial charge < -0.3 is 9.13 Å². The molecule has 2 nitrogen and oxygen atoms in total. The summed E-state index contributed by atoms with van der Waals surface area (Å²) in [6, 6.07) is 67.2. The van der Waals surface area contributed by atoms with Crippen molar-refractivity contribution in [1.82, 2.24) is 9.13 Å². The predicted molar refractivity (Wildman–Crippen MR) is 223 cm³/mol. The molecule has 52 heavy (non-hydrogen) atoms. The van der Waals surface area contributed by atoms with E-state index in [0.29, 0.717) is 0 Å². The zero-order valence-corrected chi connectivity index (χ0v) is 28.2. The second-order valence-electron chi connectivity index (χ2n) is 14.0. The van der Waals surface area contributed by atoms with E-state index < -0.39 is 0 Å². The Morgan fingerprint density at radius 1 is 0.231 bits per heavy atom. The molecule has 240 valence electrons. The zero-order chi connectivity index (χ0) is 33.9. The van der Waals surface area contributed by atoms with Crippen LogP contribution in [0.3, 0.4) is 0 Å². The van der Waals surface area contributed by atoms with Gasteiger partial charge >= 0.3 is 0 Å². The SMILES string of the molecule is c1ccc2c(-n3c4ccccc4c4c5c6ccccc6c6c7ccccc7n(-c7cccc8ccccc78)c6c5c5ccccc5c43)cccc2c1. The molecule has 0 amide bonds. The Kier molecular flexibility index (Phi) is 5.53. The predicted octanol–water partition coefficient (Wildman–Crippen LogP) is 13.6. The monoisotopic (exact) mass is 658 g/mol. The molecule has 12 rings (SSSR count). The largest absolute Gasteiger partial charge is 0.308 e. The van der Waals surface area contributed by atoms with Crippen LogP contribution in [0.5, 0.6) is 0 Å². The first-order valence-electron chi connectivity index (χ1n) is 18.0. The maximum atomic E-state index is 2.56. The van der Waals surface area contributed by atoms with Crippen LogP contribution in [0, 0.1) is 0 Å². The third-order valence-corrected chi connectivity index (χ3v) is 11.4. The van der Waals surface area contributed by atoms with Gasteiger partial charge in [-0.25, -0.2) is 0 Å². The maximum Gasteiger partial charge on any atom is 0.0632 e. The first-order valence-corrected chi connectivity index (χ1v) is 18.0. The minimum absolute atomic E-state index is 1.20. The van der Waals surface area contributed by atoms with E-state index >= 15 is 0 Å². The number of rotatable bonds is 2. The lowest BCUT2D eigenvalue weighted by molar-refractivity contribution is 1.20. The van der Waals surface area contributed by atoms with Crippen LogP contribution < -0.4 is 0 Å². The molecular formula is C50H30N2. The average Bonchev–Trinajstić information content (AvgIpc) is 3.74. The average molecular weight is 659 g/mol. The molecular weight excluding hydrogens is 629 g/mol. The standard InChI is InChI=1S/C50H30N2/c1-3-19-33-31(15-1)17-13-29-41(33)51-44-28-12-10-26-40(44)48-46-36-22-6-5-21-35(36)45-39-25-9-11-27-43(39)52(42-30-14-18-32-16-2-4-20-34(32)42)50(45)47(46)37-23-7-8-24-38(37)49(48)51/h1-30H. The molecule has 0 aliphatic heterocycles. The third kappa shape index (κ3) is 3.53. The molecule has 0 radical (unpaired) electrons. The fourth-order valence-corrected chi connectivity index (χ4v) is 9.41. The first-order chi connectivity index (χ1) is 25.9. The van der Waals surface area contributed by atoms with Crippen LogP contribution in [0.1, 0.15) is 0 Å². The Morgan fingerprint density at radius 2 is 0.596 bits per heavy atom. The van der Waals surface area contributed by atoms with Gasteiger partial charge in [0.25, 0.3) is 0 Å². The van der Waals surface area contributed by atoms with Gasteiger partial charge in [0.15, 0.2) is 0 Å². The minimum atomic E-state index is 1.20. The van der Waals surface area contributed by atoms with E-state index in [1.165, 1.54) is 109 Å². The lowest BCUT2D eigenvalue weighted by Crippen LogP contribution is -1.98. The summed E-state index contributed by atoms with van der Waals surface area (Å²) in [6.45, 7) is 0.